The lowest BCUT2D eigenvalue weighted by Gasteiger charge is -2.37. The van der Waals surface area contributed by atoms with Crippen molar-refractivity contribution in [2.24, 2.45) is 0 Å². The molecule has 0 unspecified atom stereocenters. The van der Waals surface area contributed by atoms with Gasteiger partial charge in [-0.15, -0.1) is 0 Å². The molecule has 3 aromatic rings. The molecule has 2 N–H and O–H groups in total. The largest absolute Gasteiger partial charge is 0.494 e. The molecule has 0 atom stereocenters. The van der Waals surface area contributed by atoms with Crippen molar-refractivity contribution in [3.8, 4) is 5.75 Å². The molecule has 1 aliphatic heterocycles. The Hall–Kier alpha value is -4.25. The summed E-state index contributed by atoms with van der Waals surface area (Å²) in [6.07, 6.45) is 8.06. The van der Waals surface area contributed by atoms with Crippen molar-refractivity contribution in [2.45, 2.75) is 24.7 Å². The number of anilines is 6. The fourth-order valence-corrected chi connectivity index (χ4v) is 5.17. The first-order valence-corrected chi connectivity index (χ1v) is 13.0. The predicted molar refractivity (Wildman–Crippen MR) is 154 cm³/mol. The third kappa shape index (κ3) is 5.22. The van der Waals surface area contributed by atoms with Crippen LogP contribution in [0.25, 0.3) is 0 Å². The van der Waals surface area contributed by atoms with E-state index in [-0.39, 0.29) is 11.3 Å². The Balaban J connectivity index is 1.45. The molecule has 1 aromatic carbocycles. The molecule has 1 amide bonds. The zero-order valence-electron chi connectivity index (χ0n) is 22.9. The first-order valence-electron chi connectivity index (χ1n) is 13.0. The van der Waals surface area contributed by atoms with E-state index in [1.165, 1.54) is 18.8 Å². The van der Waals surface area contributed by atoms with Gasteiger partial charge in [-0.3, -0.25) is 9.78 Å². The summed E-state index contributed by atoms with van der Waals surface area (Å²) in [4.78, 5) is 36.9. The maximum Gasteiger partial charge on any atom is 0.247 e. The highest BCUT2D eigenvalue weighted by Crippen LogP contribution is 2.53. The predicted octanol–water partition coefficient (Wildman–Crippen LogP) is 3.71. The van der Waals surface area contributed by atoms with Gasteiger partial charge >= 0.3 is 0 Å². The second kappa shape index (κ2) is 10.9. The Kier molecular flexibility index (Phi) is 7.34. The number of ether oxygens (including phenoxy) is 1. The van der Waals surface area contributed by atoms with Crippen LogP contribution < -0.4 is 25.2 Å². The molecule has 3 heterocycles. The molecular formula is C28H35N9O2. The maximum atomic E-state index is 12.3. The molecule has 39 heavy (non-hydrogen) atoms. The quantitative estimate of drug-likeness (QED) is 0.377. The highest BCUT2D eigenvalue weighted by molar-refractivity contribution is 6.02. The van der Waals surface area contributed by atoms with E-state index in [9.17, 15) is 4.79 Å². The number of hydrogen-bond acceptors (Lipinski definition) is 10. The molecule has 0 saturated heterocycles. The number of amides is 1. The first-order chi connectivity index (χ1) is 18.8. The third-order valence-corrected chi connectivity index (χ3v) is 7.45. The van der Waals surface area contributed by atoms with E-state index in [0.717, 1.165) is 49.5 Å². The number of nitrogens with zero attached hydrogens (tertiary/aromatic N) is 7. The molecule has 11 heteroatoms. The number of rotatable bonds is 10. The van der Waals surface area contributed by atoms with E-state index in [1.54, 1.807) is 7.11 Å². The summed E-state index contributed by atoms with van der Waals surface area (Å²) in [6, 6.07) is 7.74. The average molecular weight is 530 g/mol. The summed E-state index contributed by atoms with van der Waals surface area (Å²) in [5.41, 5.74) is 4.30. The van der Waals surface area contributed by atoms with E-state index in [0.29, 0.717) is 29.0 Å². The van der Waals surface area contributed by atoms with Gasteiger partial charge in [0.25, 0.3) is 0 Å². The van der Waals surface area contributed by atoms with E-state index < -0.39 is 0 Å². The summed E-state index contributed by atoms with van der Waals surface area (Å²) < 4.78 is 5.72. The molecule has 5 rings (SSSR count). The van der Waals surface area contributed by atoms with E-state index >= 15 is 0 Å². The molecule has 1 fully saturated rings. The molecule has 204 valence electrons. The molecule has 1 saturated carbocycles. The van der Waals surface area contributed by atoms with Gasteiger partial charge in [-0.1, -0.05) is 13.0 Å². The number of methoxy groups -OCH3 is 1. The zero-order chi connectivity index (χ0) is 27.6. The van der Waals surface area contributed by atoms with Gasteiger partial charge in [0.05, 0.1) is 35.6 Å². The monoisotopic (exact) mass is 529 g/mol. The molecule has 1 spiro atoms. The Labute approximate surface area is 228 Å². The topological polar surface area (TPSA) is 112 Å². The number of nitrogens with one attached hydrogen (secondary N) is 2. The van der Waals surface area contributed by atoms with Crippen LogP contribution in [-0.2, 0) is 10.2 Å². The zero-order valence-corrected chi connectivity index (χ0v) is 22.9. The van der Waals surface area contributed by atoms with Gasteiger partial charge in [-0.25, -0.2) is 9.97 Å². The van der Waals surface area contributed by atoms with Crippen molar-refractivity contribution in [3.05, 3.63) is 55.1 Å². The van der Waals surface area contributed by atoms with Crippen LogP contribution in [0.2, 0.25) is 0 Å². The van der Waals surface area contributed by atoms with Crippen molar-refractivity contribution in [1.82, 2.24) is 24.8 Å². The lowest BCUT2D eigenvalue weighted by Crippen LogP contribution is -2.38. The maximum absolute atomic E-state index is 12.3. The van der Waals surface area contributed by atoms with Crippen LogP contribution in [0.4, 0.5) is 34.6 Å². The summed E-state index contributed by atoms with van der Waals surface area (Å²) in [5, 5.41) is 6.19. The summed E-state index contributed by atoms with van der Waals surface area (Å²) >= 11 is 0. The number of carbonyl (C=O) groups excluding carboxylic acids is 1. The highest BCUT2D eigenvalue weighted by Gasteiger charge is 2.49. The van der Waals surface area contributed by atoms with Crippen LogP contribution in [-0.4, -0.2) is 78.6 Å². The summed E-state index contributed by atoms with van der Waals surface area (Å²) in [7, 11) is 7.63. The van der Waals surface area contributed by atoms with Gasteiger partial charge in [0.2, 0.25) is 17.8 Å². The second-order valence-corrected chi connectivity index (χ2v) is 10.3. The fourth-order valence-electron chi connectivity index (χ4n) is 5.17. The number of pyridine rings is 1. The van der Waals surface area contributed by atoms with Crippen molar-refractivity contribution in [1.29, 1.82) is 0 Å². The van der Waals surface area contributed by atoms with Crippen LogP contribution in [0, 0.1) is 0 Å². The van der Waals surface area contributed by atoms with Crippen molar-refractivity contribution in [2.75, 3.05) is 68.3 Å². The van der Waals surface area contributed by atoms with E-state index in [1.807, 2.05) is 45.5 Å². The van der Waals surface area contributed by atoms with Gasteiger partial charge in [0.1, 0.15) is 12.1 Å². The number of aromatic nitrogens is 4. The number of fused-ring (bicyclic) bond motifs is 2. The second-order valence-electron chi connectivity index (χ2n) is 10.3. The van der Waals surface area contributed by atoms with Crippen molar-refractivity contribution >= 4 is 40.6 Å². The lowest BCUT2D eigenvalue weighted by atomic mass is 9.67. The molecule has 0 bridgehead atoms. The molecule has 2 aliphatic rings. The summed E-state index contributed by atoms with van der Waals surface area (Å²) in [5.74, 6) is 1.21. The molecular weight excluding hydrogens is 494 g/mol. The van der Waals surface area contributed by atoms with E-state index in [2.05, 4.69) is 47.9 Å². The Bertz CT molecular complexity index is 1370. The molecule has 11 nitrogen and oxygen atoms in total. The van der Waals surface area contributed by atoms with Crippen LogP contribution in [0.3, 0.4) is 0 Å². The summed E-state index contributed by atoms with van der Waals surface area (Å²) in [6.45, 7) is 5.99. The van der Waals surface area contributed by atoms with Gasteiger partial charge in [-0.05, 0) is 51.2 Å². The van der Waals surface area contributed by atoms with Crippen LogP contribution in [0.5, 0.6) is 5.75 Å². The molecule has 1 aliphatic carbocycles. The standard InChI is InChI=1S/C28H35N9O2/c1-6-24(38)32-19-15-20(23(39-5)16-22(19)36(4)14-13-35(2)3)33-26-30-18-31-27(34-26)37-17-28(10-8-11-28)25-21(37)9-7-12-29-25/h6-7,9,12,15-16,18H,1,8,10-11,13-14,17H2,2-5H3,(H,32,38)(H,30,31,33,34). The lowest BCUT2D eigenvalue weighted by molar-refractivity contribution is -0.111. The number of likely N-dealkylation sites (N-methyl/N-ethyl adjacent to an activating group) is 2. The fraction of sp³-hybridized carbons (Fsp3) is 0.393. The Morgan fingerprint density at radius 3 is 2.69 bits per heavy atom. The minimum absolute atomic E-state index is 0.0761. The third-order valence-electron chi connectivity index (χ3n) is 7.45. The minimum Gasteiger partial charge on any atom is -0.494 e. The highest BCUT2D eigenvalue weighted by atomic mass is 16.5. The molecule has 2 aromatic heterocycles. The van der Waals surface area contributed by atoms with Crippen LogP contribution in [0.15, 0.2) is 49.4 Å². The van der Waals surface area contributed by atoms with Crippen LogP contribution >= 0.6 is 0 Å². The van der Waals surface area contributed by atoms with Crippen LogP contribution in [0.1, 0.15) is 25.0 Å². The Morgan fingerprint density at radius 2 is 2.00 bits per heavy atom. The Morgan fingerprint density at radius 1 is 1.18 bits per heavy atom. The smallest absolute Gasteiger partial charge is 0.247 e. The normalized spacial score (nSPS) is 15.1. The van der Waals surface area contributed by atoms with Gasteiger partial charge in [0, 0.05) is 44.4 Å². The van der Waals surface area contributed by atoms with Crippen molar-refractivity contribution in [3.63, 3.8) is 0 Å². The number of hydrogen-bond donors (Lipinski definition) is 2. The van der Waals surface area contributed by atoms with E-state index in [4.69, 9.17) is 14.7 Å². The molecule has 0 radical (unpaired) electrons. The van der Waals surface area contributed by atoms with Gasteiger partial charge < -0.3 is 30.1 Å². The SMILES string of the molecule is C=CC(=O)Nc1cc(Nc2ncnc(N3CC4(CCC4)c4ncccc43)n2)c(OC)cc1N(C)CCN(C)C. The number of carbonyl (C=O) groups is 1. The van der Waals surface area contributed by atoms with Gasteiger partial charge in [-0.2, -0.15) is 4.98 Å². The number of benzene rings is 1. The van der Waals surface area contributed by atoms with Crippen molar-refractivity contribution < 1.29 is 9.53 Å². The van der Waals surface area contributed by atoms with Gasteiger partial charge in [0.15, 0.2) is 0 Å². The first kappa shape index (κ1) is 26.4. The minimum atomic E-state index is -0.304. The average Bonchev–Trinajstić information content (AvgIpc) is 3.28.